The molecule has 2 rings (SSSR count). The van der Waals surface area contributed by atoms with Crippen LogP contribution in [0.25, 0.3) is 0 Å². The van der Waals surface area contributed by atoms with E-state index in [4.69, 9.17) is 8.92 Å². The molecule has 0 bridgehead atoms. The predicted molar refractivity (Wildman–Crippen MR) is 78.7 cm³/mol. The number of fused-ring (bicyclic) bond motifs is 1. The summed E-state index contributed by atoms with van der Waals surface area (Å²) in [6, 6.07) is 6.20. The van der Waals surface area contributed by atoms with Crippen LogP contribution in [0.1, 0.15) is 42.7 Å². The highest BCUT2D eigenvalue weighted by Crippen LogP contribution is 2.38. The molecule has 0 aliphatic heterocycles. The minimum absolute atomic E-state index is 0.272. The second-order valence-electron chi connectivity index (χ2n) is 5.29. The number of ether oxygens (including phenoxy) is 1. The molecule has 1 aliphatic carbocycles. The van der Waals surface area contributed by atoms with Crippen molar-refractivity contribution in [2.75, 3.05) is 20.0 Å². The van der Waals surface area contributed by atoms with Crippen molar-refractivity contribution in [2.45, 2.75) is 38.0 Å². The first-order chi connectivity index (χ1) is 9.51. The van der Waals surface area contributed by atoms with E-state index in [0.717, 1.165) is 44.1 Å². The standard InChI is InChI=1S/C15H22O4S/c1-18-15-10-4-8-13-12(6-3-9-14(13)15)7-5-11-19-20(2,16)17/h4,8,10,12H,3,5-7,9,11H2,1-2H3/t12-/m1/s1. The van der Waals surface area contributed by atoms with E-state index >= 15 is 0 Å². The summed E-state index contributed by atoms with van der Waals surface area (Å²) >= 11 is 0. The molecule has 0 heterocycles. The van der Waals surface area contributed by atoms with Crippen molar-refractivity contribution in [3.63, 3.8) is 0 Å². The quantitative estimate of drug-likeness (QED) is 0.598. The summed E-state index contributed by atoms with van der Waals surface area (Å²) in [5.74, 6) is 1.46. The number of benzene rings is 1. The lowest BCUT2D eigenvalue weighted by Crippen LogP contribution is -2.12. The highest BCUT2D eigenvalue weighted by Gasteiger charge is 2.22. The zero-order valence-electron chi connectivity index (χ0n) is 12.1. The minimum Gasteiger partial charge on any atom is -0.496 e. The lowest BCUT2D eigenvalue weighted by Gasteiger charge is -2.26. The van der Waals surface area contributed by atoms with E-state index in [1.54, 1.807) is 7.11 Å². The Balaban J connectivity index is 1.98. The second-order valence-corrected chi connectivity index (χ2v) is 6.93. The van der Waals surface area contributed by atoms with Crippen LogP contribution < -0.4 is 4.74 Å². The van der Waals surface area contributed by atoms with E-state index in [1.165, 1.54) is 11.1 Å². The summed E-state index contributed by atoms with van der Waals surface area (Å²) in [4.78, 5) is 0. The summed E-state index contributed by atoms with van der Waals surface area (Å²) in [5, 5.41) is 0. The Morgan fingerprint density at radius 3 is 2.85 bits per heavy atom. The number of methoxy groups -OCH3 is 1. The van der Waals surface area contributed by atoms with Crippen LogP contribution in [0.2, 0.25) is 0 Å². The van der Waals surface area contributed by atoms with Crippen LogP contribution in [0.5, 0.6) is 5.75 Å². The fourth-order valence-corrected chi connectivity index (χ4v) is 3.37. The molecule has 4 nitrogen and oxygen atoms in total. The van der Waals surface area contributed by atoms with Gasteiger partial charge in [0.05, 0.1) is 20.0 Å². The van der Waals surface area contributed by atoms with Gasteiger partial charge < -0.3 is 4.74 Å². The van der Waals surface area contributed by atoms with Gasteiger partial charge in [-0.3, -0.25) is 4.18 Å². The Hall–Kier alpha value is -1.07. The van der Waals surface area contributed by atoms with Crippen LogP contribution in [0.3, 0.4) is 0 Å². The van der Waals surface area contributed by atoms with Gasteiger partial charge in [-0.05, 0) is 55.2 Å². The summed E-state index contributed by atoms with van der Waals surface area (Å²) in [7, 11) is -1.61. The molecule has 0 fully saturated rings. The Kier molecular flexibility index (Phi) is 5.05. The summed E-state index contributed by atoms with van der Waals surface area (Å²) in [6.45, 7) is 0.272. The third kappa shape index (κ3) is 3.96. The Morgan fingerprint density at radius 2 is 2.15 bits per heavy atom. The first-order valence-electron chi connectivity index (χ1n) is 7.01. The lowest BCUT2D eigenvalue weighted by atomic mass is 9.80. The van der Waals surface area contributed by atoms with Crippen LogP contribution in [0.4, 0.5) is 0 Å². The van der Waals surface area contributed by atoms with Gasteiger partial charge in [-0.15, -0.1) is 0 Å². The first-order valence-corrected chi connectivity index (χ1v) is 8.83. The molecule has 0 N–H and O–H groups in total. The van der Waals surface area contributed by atoms with Gasteiger partial charge in [-0.2, -0.15) is 8.42 Å². The van der Waals surface area contributed by atoms with Gasteiger partial charge in [0.25, 0.3) is 10.1 Å². The molecule has 1 aromatic carbocycles. The van der Waals surface area contributed by atoms with Gasteiger partial charge >= 0.3 is 0 Å². The Morgan fingerprint density at radius 1 is 1.35 bits per heavy atom. The van der Waals surface area contributed by atoms with Crippen LogP contribution >= 0.6 is 0 Å². The van der Waals surface area contributed by atoms with Gasteiger partial charge in [0.1, 0.15) is 5.75 Å². The maximum atomic E-state index is 10.9. The average molecular weight is 298 g/mol. The fourth-order valence-electron chi connectivity index (χ4n) is 2.94. The third-order valence-electron chi connectivity index (χ3n) is 3.80. The molecule has 1 aliphatic rings. The van der Waals surface area contributed by atoms with Crippen LogP contribution in [0, 0.1) is 0 Å². The number of rotatable bonds is 6. The Labute approximate surface area is 121 Å². The van der Waals surface area contributed by atoms with Gasteiger partial charge in [0, 0.05) is 0 Å². The summed E-state index contributed by atoms with van der Waals surface area (Å²) < 4.78 is 32.1. The SMILES string of the molecule is COc1cccc2c1CCC[C@@H]2CCCOS(C)(=O)=O. The Bertz CT molecular complexity index is 551. The zero-order valence-corrected chi connectivity index (χ0v) is 12.9. The van der Waals surface area contributed by atoms with Crippen LogP contribution in [-0.4, -0.2) is 28.4 Å². The van der Waals surface area contributed by atoms with Crippen molar-refractivity contribution >= 4 is 10.1 Å². The summed E-state index contributed by atoms with van der Waals surface area (Å²) in [5.41, 5.74) is 2.67. The minimum atomic E-state index is -3.32. The van der Waals surface area contributed by atoms with E-state index in [2.05, 4.69) is 6.07 Å². The molecule has 0 radical (unpaired) electrons. The molecule has 1 aromatic rings. The van der Waals surface area contributed by atoms with Crippen molar-refractivity contribution in [1.29, 1.82) is 0 Å². The van der Waals surface area contributed by atoms with Crippen LogP contribution in [-0.2, 0) is 20.7 Å². The van der Waals surface area contributed by atoms with E-state index in [9.17, 15) is 8.42 Å². The highest BCUT2D eigenvalue weighted by molar-refractivity contribution is 7.85. The normalized spacial score (nSPS) is 18.6. The number of hydrogen-bond acceptors (Lipinski definition) is 4. The molecule has 0 spiro atoms. The second kappa shape index (κ2) is 6.59. The van der Waals surface area contributed by atoms with Crippen molar-refractivity contribution in [3.05, 3.63) is 29.3 Å². The maximum absolute atomic E-state index is 10.9. The van der Waals surface area contributed by atoms with Gasteiger partial charge in [-0.25, -0.2) is 0 Å². The van der Waals surface area contributed by atoms with E-state index in [0.29, 0.717) is 5.92 Å². The summed E-state index contributed by atoms with van der Waals surface area (Å²) in [6.07, 6.45) is 6.18. The molecule has 5 heteroatoms. The molecule has 1 atom stereocenters. The van der Waals surface area contributed by atoms with Gasteiger partial charge in [0.15, 0.2) is 0 Å². The van der Waals surface area contributed by atoms with Crippen molar-refractivity contribution in [1.82, 2.24) is 0 Å². The van der Waals surface area contributed by atoms with Crippen molar-refractivity contribution in [3.8, 4) is 5.75 Å². The molecule has 0 saturated carbocycles. The molecular weight excluding hydrogens is 276 g/mol. The van der Waals surface area contributed by atoms with E-state index < -0.39 is 10.1 Å². The fraction of sp³-hybridized carbons (Fsp3) is 0.600. The molecule has 112 valence electrons. The molecular formula is C15H22O4S. The van der Waals surface area contributed by atoms with Crippen molar-refractivity contribution < 1.29 is 17.3 Å². The lowest BCUT2D eigenvalue weighted by molar-refractivity contribution is 0.303. The smallest absolute Gasteiger partial charge is 0.264 e. The average Bonchev–Trinajstić information content (AvgIpc) is 2.42. The van der Waals surface area contributed by atoms with E-state index in [-0.39, 0.29) is 6.61 Å². The van der Waals surface area contributed by atoms with Gasteiger partial charge in [-0.1, -0.05) is 12.1 Å². The predicted octanol–water partition coefficient (Wildman–Crippen LogP) is 2.87. The molecule has 0 unspecified atom stereocenters. The zero-order chi connectivity index (χ0) is 14.6. The first kappa shape index (κ1) is 15.3. The van der Waals surface area contributed by atoms with Crippen molar-refractivity contribution in [2.24, 2.45) is 0 Å². The largest absolute Gasteiger partial charge is 0.496 e. The van der Waals surface area contributed by atoms with Crippen LogP contribution in [0.15, 0.2) is 18.2 Å². The topological polar surface area (TPSA) is 52.6 Å². The molecule has 0 amide bonds. The third-order valence-corrected chi connectivity index (χ3v) is 4.40. The van der Waals surface area contributed by atoms with Gasteiger partial charge in [0.2, 0.25) is 0 Å². The highest BCUT2D eigenvalue weighted by atomic mass is 32.2. The maximum Gasteiger partial charge on any atom is 0.264 e. The molecule has 0 aromatic heterocycles. The van der Waals surface area contributed by atoms with E-state index in [1.807, 2.05) is 12.1 Å². The number of hydrogen-bond donors (Lipinski definition) is 0. The monoisotopic (exact) mass is 298 g/mol. The molecule has 20 heavy (non-hydrogen) atoms. The molecule has 0 saturated heterocycles.